The number of nitrogens with zero attached hydrogens (tertiary/aromatic N) is 6. The third-order valence-electron chi connectivity index (χ3n) is 20.1. The average molecular weight is 1140 g/mol. The molecule has 0 saturated carbocycles. The van der Waals surface area contributed by atoms with E-state index in [-0.39, 0.29) is 35.7 Å². The van der Waals surface area contributed by atoms with Gasteiger partial charge in [-0.25, -0.2) is 0 Å². The van der Waals surface area contributed by atoms with Crippen molar-refractivity contribution in [2.45, 2.75) is 88.0 Å². The van der Waals surface area contributed by atoms with Crippen molar-refractivity contribution in [3.05, 3.63) is 191 Å². The largest absolute Gasteiger partial charge is 0.374 e. The lowest BCUT2D eigenvalue weighted by atomic mass is 9.91. The Morgan fingerprint density at radius 2 is 0.814 bits per heavy atom. The van der Waals surface area contributed by atoms with Gasteiger partial charge >= 0.3 is 0 Å². The second-order valence-electron chi connectivity index (χ2n) is 24.2. The Morgan fingerprint density at radius 1 is 0.477 bits per heavy atom. The van der Waals surface area contributed by atoms with Crippen LogP contribution in [0, 0.1) is 0 Å². The molecule has 16 heteroatoms. The molecular weight excluding hydrogens is 1080 g/mol. The maximum atomic E-state index is 13.9. The lowest BCUT2D eigenvalue weighted by Crippen LogP contribution is -2.61. The molecule has 0 aliphatic carbocycles. The predicted molar refractivity (Wildman–Crippen MR) is 330 cm³/mol. The Bertz CT molecular complexity index is 4670. The van der Waals surface area contributed by atoms with Gasteiger partial charge in [-0.15, -0.1) is 0 Å². The van der Waals surface area contributed by atoms with Crippen LogP contribution in [0.25, 0.3) is 87.2 Å². The SMILES string of the molecule is CO[C@@H]1[C@H](N(C)C(=O)c2ccccc2)C[C@H]2O[C@]1(C)n1c3ccccc3c3c4c(c5c6ccccc6n2c5c31)C(=O)NC4.CO[C@@H]1[C@H](N(C)C(=O)c2ccccc2)C[C@H]2O[C@]1(C)n1c3ccccc3c3c4c(c5c6ccccc6n2c5c31)C(=O)NC4. The number of methoxy groups -OCH3 is 2. The summed E-state index contributed by atoms with van der Waals surface area (Å²) in [6.07, 6.45) is -0.772. The number of aromatic nitrogens is 4. The van der Waals surface area contributed by atoms with Gasteiger partial charge in [0.05, 0.1) is 67.3 Å². The fourth-order valence-electron chi connectivity index (χ4n) is 16.7. The maximum absolute atomic E-state index is 13.9. The number of rotatable bonds is 6. The third-order valence-corrected chi connectivity index (χ3v) is 20.1. The fourth-order valence-corrected chi connectivity index (χ4v) is 16.7. The van der Waals surface area contributed by atoms with E-state index in [0.29, 0.717) is 37.1 Å². The van der Waals surface area contributed by atoms with Crippen LogP contribution in [0.1, 0.15) is 91.7 Å². The number of nitrogens with one attached hydrogen (secondary N) is 2. The van der Waals surface area contributed by atoms with Gasteiger partial charge in [0.15, 0.2) is 11.4 Å². The van der Waals surface area contributed by atoms with Crippen molar-refractivity contribution in [1.29, 1.82) is 0 Å². The molecule has 6 aliphatic heterocycles. The number of hydrogen-bond acceptors (Lipinski definition) is 8. The Morgan fingerprint density at radius 3 is 1.19 bits per heavy atom. The van der Waals surface area contributed by atoms with Crippen LogP contribution in [0.3, 0.4) is 0 Å². The van der Waals surface area contributed by atoms with E-state index in [2.05, 4.69) is 91.3 Å². The number of fused-ring (bicyclic) bond motifs is 26. The normalized spacial score (nSPS) is 24.2. The lowest BCUT2D eigenvalue weighted by Gasteiger charge is -2.50. The molecule has 0 radical (unpaired) electrons. The van der Waals surface area contributed by atoms with E-state index >= 15 is 0 Å². The van der Waals surface area contributed by atoms with Crippen molar-refractivity contribution in [3.8, 4) is 0 Å². The number of benzene rings is 8. The molecule has 18 rings (SSSR count). The highest BCUT2D eigenvalue weighted by molar-refractivity contribution is 6.32. The van der Waals surface area contributed by atoms with Crippen LogP contribution in [-0.4, -0.2) is 104 Å². The zero-order valence-corrected chi connectivity index (χ0v) is 48.3. The molecule has 2 fully saturated rings. The lowest BCUT2D eigenvalue weighted by molar-refractivity contribution is -0.264. The molecule has 2 N–H and O–H groups in total. The summed E-state index contributed by atoms with van der Waals surface area (Å²) < 4.78 is 36.3. The first kappa shape index (κ1) is 51.1. The summed E-state index contributed by atoms with van der Waals surface area (Å²) in [7, 11) is 7.15. The molecular formula is C70H60N8O8. The molecule has 16 nitrogen and oxygen atoms in total. The fraction of sp³-hybridized carbons (Fsp3) is 0.257. The number of likely N-dealkylation sites (N-methyl/N-ethyl adjacent to an activating group) is 2. The van der Waals surface area contributed by atoms with Gasteiger partial charge in [-0.05, 0) is 73.5 Å². The van der Waals surface area contributed by atoms with Crippen LogP contribution in [0.4, 0.5) is 0 Å². The number of amides is 4. The molecule has 0 unspecified atom stereocenters. The molecule has 86 heavy (non-hydrogen) atoms. The van der Waals surface area contributed by atoms with Crippen molar-refractivity contribution in [2.24, 2.45) is 0 Å². The van der Waals surface area contributed by atoms with E-state index in [1.807, 2.05) is 133 Å². The molecule has 4 aromatic heterocycles. The Hall–Kier alpha value is -9.32. The van der Waals surface area contributed by atoms with E-state index in [4.69, 9.17) is 18.9 Å². The van der Waals surface area contributed by atoms with Crippen molar-refractivity contribution in [1.82, 2.24) is 38.7 Å². The average Bonchev–Trinajstić information content (AvgIpc) is 1.54. The summed E-state index contributed by atoms with van der Waals surface area (Å²) in [5, 5.41) is 14.5. The van der Waals surface area contributed by atoms with E-state index in [0.717, 1.165) is 109 Å². The van der Waals surface area contributed by atoms with Gasteiger partial charge in [0, 0.05) is 108 Å². The van der Waals surface area contributed by atoms with Gasteiger partial charge < -0.3 is 57.6 Å². The predicted octanol–water partition coefficient (Wildman–Crippen LogP) is 11.8. The van der Waals surface area contributed by atoms with Crippen molar-refractivity contribution in [3.63, 3.8) is 0 Å². The molecule has 428 valence electrons. The van der Waals surface area contributed by atoms with Crippen LogP contribution in [-0.2, 0) is 43.5 Å². The topological polar surface area (TPSA) is 155 Å². The summed E-state index contributed by atoms with van der Waals surface area (Å²) in [6.45, 7) is 5.12. The molecule has 2 saturated heterocycles. The molecule has 10 heterocycles. The van der Waals surface area contributed by atoms with Crippen molar-refractivity contribution >= 4 is 111 Å². The zero-order chi connectivity index (χ0) is 58.4. The highest BCUT2D eigenvalue weighted by atomic mass is 16.6. The quantitative estimate of drug-likeness (QED) is 0.167. The van der Waals surface area contributed by atoms with E-state index in [1.165, 1.54) is 0 Å². The molecule has 6 aliphatic rings. The van der Waals surface area contributed by atoms with Gasteiger partial charge in [0.1, 0.15) is 24.7 Å². The smallest absolute Gasteiger partial charge is 0.253 e. The minimum absolute atomic E-state index is 0.0446. The maximum Gasteiger partial charge on any atom is 0.253 e. The summed E-state index contributed by atoms with van der Waals surface area (Å²) in [6, 6.07) is 51.4. The summed E-state index contributed by atoms with van der Waals surface area (Å²) in [5.41, 5.74) is 10.9. The highest BCUT2D eigenvalue weighted by Crippen LogP contribution is 2.57. The molecule has 8 aromatic carbocycles. The first-order valence-corrected chi connectivity index (χ1v) is 29.5. The van der Waals surface area contributed by atoms with Crippen molar-refractivity contribution < 1.29 is 38.1 Å². The number of carbonyl (C=O) groups excluding carboxylic acids is 4. The summed E-state index contributed by atoms with van der Waals surface area (Å²) in [5.74, 6) is -0.213. The number of carbonyl (C=O) groups is 4. The molecule has 4 amide bonds. The highest BCUT2D eigenvalue weighted by Gasteiger charge is 2.57. The Kier molecular flexibility index (Phi) is 10.8. The standard InChI is InChI=1S/2C35H30N4O4/c2*1-35-32(42-3)25(37(2)34(41)19-11-5-4-6-12-19)17-26(43-35)38-23-15-9-7-13-20(23)28-29-22(18-36-33(29)40)27-21-14-8-10-16-24(21)39(35)31(27)30(28)38/h2*4-16,25-26,32H,17-18H2,1-3H3,(H,36,40)/t2*25-,26-,32-,35+/m11/s1. The minimum Gasteiger partial charge on any atom is -0.374 e. The van der Waals surface area contributed by atoms with E-state index < -0.39 is 36.1 Å². The number of ether oxygens (including phenoxy) is 4. The molecule has 0 spiro atoms. The second-order valence-corrected chi connectivity index (χ2v) is 24.2. The number of hydrogen-bond donors (Lipinski definition) is 2. The minimum atomic E-state index is -0.980. The van der Waals surface area contributed by atoms with Crippen LogP contribution < -0.4 is 10.6 Å². The van der Waals surface area contributed by atoms with Gasteiger partial charge in [0.2, 0.25) is 0 Å². The van der Waals surface area contributed by atoms with Gasteiger partial charge in [-0.2, -0.15) is 0 Å². The van der Waals surface area contributed by atoms with E-state index in [1.54, 1.807) is 14.2 Å². The Balaban J connectivity index is 0.000000134. The Labute approximate surface area is 492 Å². The molecule has 4 bridgehead atoms. The van der Waals surface area contributed by atoms with Gasteiger partial charge in [0.25, 0.3) is 23.6 Å². The van der Waals surface area contributed by atoms with Crippen LogP contribution >= 0.6 is 0 Å². The van der Waals surface area contributed by atoms with Crippen molar-refractivity contribution in [2.75, 3.05) is 28.3 Å². The monoisotopic (exact) mass is 1140 g/mol. The van der Waals surface area contributed by atoms with Crippen LogP contribution in [0.5, 0.6) is 0 Å². The molecule has 12 aromatic rings. The second kappa shape index (κ2) is 18.1. The van der Waals surface area contributed by atoms with Gasteiger partial charge in [-0.3, -0.25) is 19.2 Å². The first-order chi connectivity index (χ1) is 41.9. The van der Waals surface area contributed by atoms with E-state index in [9.17, 15) is 19.2 Å². The van der Waals surface area contributed by atoms with Crippen LogP contribution in [0.15, 0.2) is 158 Å². The zero-order valence-electron chi connectivity index (χ0n) is 48.3. The third kappa shape index (κ3) is 6.45. The van der Waals surface area contributed by atoms with Crippen LogP contribution in [0.2, 0.25) is 0 Å². The summed E-state index contributed by atoms with van der Waals surface area (Å²) in [4.78, 5) is 58.5. The first-order valence-electron chi connectivity index (χ1n) is 29.5. The molecule has 8 atom stereocenters. The number of para-hydroxylation sites is 4. The van der Waals surface area contributed by atoms with Gasteiger partial charge in [-0.1, -0.05) is 109 Å². The summed E-state index contributed by atoms with van der Waals surface area (Å²) >= 11 is 0.